The van der Waals surface area contributed by atoms with E-state index >= 15 is 0 Å². The standard InChI is InChI=1S/C10H8Cl2N2O2/c11-7-2-1-3-8(10(7)12)14-5-4-9(16-14)13-6-15/h1-4,6H,5H2,(H,13,15). The first-order chi connectivity index (χ1) is 7.72. The highest BCUT2D eigenvalue weighted by molar-refractivity contribution is 6.43. The van der Waals surface area contributed by atoms with Gasteiger partial charge in [0.2, 0.25) is 12.3 Å². The van der Waals surface area contributed by atoms with Gasteiger partial charge in [-0.2, -0.15) is 0 Å². The Morgan fingerprint density at radius 2 is 2.25 bits per heavy atom. The fraction of sp³-hybridized carbons (Fsp3) is 0.100. The minimum absolute atomic E-state index is 0.381. The van der Waals surface area contributed by atoms with Gasteiger partial charge < -0.3 is 4.84 Å². The molecule has 0 bridgehead atoms. The monoisotopic (exact) mass is 258 g/mol. The van der Waals surface area contributed by atoms with Crippen LogP contribution in [0.25, 0.3) is 0 Å². The Kier molecular flexibility index (Phi) is 3.22. The van der Waals surface area contributed by atoms with Crippen molar-refractivity contribution >= 4 is 35.3 Å². The molecule has 0 fully saturated rings. The third-order valence-corrected chi connectivity index (χ3v) is 2.86. The molecule has 1 aromatic carbocycles. The molecular weight excluding hydrogens is 251 g/mol. The molecule has 6 heteroatoms. The van der Waals surface area contributed by atoms with E-state index in [1.54, 1.807) is 29.3 Å². The zero-order valence-corrected chi connectivity index (χ0v) is 9.63. The summed E-state index contributed by atoms with van der Waals surface area (Å²) < 4.78 is 0. The van der Waals surface area contributed by atoms with E-state index < -0.39 is 0 Å². The lowest BCUT2D eigenvalue weighted by Crippen LogP contribution is -2.21. The molecule has 1 aromatic rings. The maximum atomic E-state index is 10.2. The van der Waals surface area contributed by atoms with Gasteiger partial charge in [0.1, 0.15) is 0 Å². The zero-order valence-electron chi connectivity index (χ0n) is 8.11. The van der Waals surface area contributed by atoms with Crippen LogP contribution in [0, 0.1) is 0 Å². The van der Waals surface area contributed by atoms with E-state index in [-0.39, 0.29) is 0 Å². The lowest BCUT2D eigenvalue weighted by Gasteiger charge is -2.19. The van der Waals surface area contributed by atoms with E-state index in [0.29, 0.717) is 34.6 Å². The molecule has 1 amide bonds. The van der Waals surface area contributed by atoms with Crippen LogP contribution in [0.4, 0.5) is 5.69 Å². The van der Waals surface area contributed by atoms with Crippen molar-refractivity contribution in [3.8, 4) is 0 Å². The molecule has 0 saturated carbocycles. The molecule has 0 saturated heterocycles. The van der Waals surface area contributed by atoms with Crippen molar-refractivity contribution in [2.45, 2.75) is 0 Å². The number of anilines is 1. The highest BCUT2D eigenvalue weighted by Gasteiger charge is 2.19. The van der Waals surface area contributed by atoms with E-state index in [1.807, 2.05) is 0 Å². The molecule has 0 aliphatic carbocycles. The Morgan fingerprint density at radius 1 is 1.44 bits per heavy atom. The van der Waals surface area contributed by atoms with Crippen LogP contribution in [0.15, 0.2) is 30.2 Å². The van der Waals surface area contributed by atoms with Crippen LogP contribution in [0.5, 0.6) is 0 Å². The number of halogens is 2. The smallest absolute Gasteiger partial charge is 0.224 e. The van der Waals surface area contributed by atoms with E-state index in [1.165, 1.54) is 0 Å². The van der Waals surface area contributed by atoms with E-state index in [4.69, 9.17) is 28.0 Å². The summed E-state index contributed by atoms with van der Waals surface area (Å²) in [5, 5.41) is 4.84. The van der Waals surface area contributed by atoms with Crippen molar-refractivity contribution < 1.29 is 9.63 Å². The maximum absolute atomic E-state index is 10.2. The fourth-order valence-corrected chi connectivity index (χ4v) is 1.72. The zero-order chi connectivity index (χ0) is 11.5. The van der Waals surface area contributed by atoms with Gasteiger partial charge in [0, 0.05) is 6.08 Å². The molecule has 0 radical (unpaired) electrons. The highest BCUT2D eigenvalue weighted by Crippen LogP contribution is 2.34. The first kappa shape index (κ1) is 11.1. The van der Waals surface area contributed by atoms with Gasteiger partial charge in [0.05, 0.1) is 22.3 Å². The number of carbonyl (C=O) groups excluding carboxylic acids is 1. The number of benzene rings is 1. The molecule has 0 unspecified atom stereocenters. The summed E-state index contributed by atoms with van der Waals surface area (Å²) in [6.45, 7) is 0.496. The number of carbonyl (C=O) groups is 1. The van der Waals surface area contributed by atoms with Gasteiger partial charge in [-0.3, -0.25) is 10.1 Å². The normalized spacial score (nSPS) is 14.4. The minimum atomic E-state index is 0.381. The molecule has 84 valence electrons. The Balaban J connectivity index is 2.16. The highest BCUT2D eigenvalue weighted by atomic mass is 35.5. The molecule has 1 N–H and O–H groups in total. The molecule has 1 heterocycles. The van der Waals surface area contributed by atoms with E-state index in [0.717, 1.165) is 0 Å². The van der Waals surface area contributed by atoms with Crippen LogP contribution < -0.4 is 10.4 Å². The molecule has 1 aliphatic heterocycles. The molecular formula is C10H8Cl2N2O2. The maximum Gasteiger partial charge on any atom is 0.224 e. The summed E-state index contributed by atoms with van der Waals surface area (Å²) in [4.78, 5) is 15.6. The van der Waals surface area contributed by atoms with Crippen molar-refractivity contribution in [2.75, 3.05) is 11.6 Å². The summed E-state index contributed by atoms with van der Waals surface area (Å²) in [7, 11) is 0. The summed E-state index contributed by atoms with van der Waals surface area (Å²) in [6, 6.07) is 5.26. The van der Waals surface area contributed by atoms with Crippen molar-refractivity contribution in [1.29, 1.82) is 0 Å². The minimum Gasteiger partial charge on any atom is -0.361 e. The molecule has 16 heavy (non-hydrogen) atoms. The predicted molar refractivity (Wildman–Crippen MR) is 62.2 cm³/mol. The van der Waals surface area contributed by atoms with Gasteiger partial charge >= 0.3 is 0 Å². The third kappa shape index (κ3) is 2.08. The average molecular weight is 259 g/mol. The number of nitrogens with one attached hydrogen (secondary N) is 1. The summed E-state index contributed by atoms with van der Waals surface area (Å²) >= 11 is 11.9. The van der Waals surface area contributed by atoms with Gasteiger partial charge in [-0.05, 0) is 12.1 Å². The van der Waals surface area contributed by atoms with Gasteiger partial charge in [0.15, 0.2) is 0 Å². The molecule has 2 rings (SSSR count). The van der Waals surface area contributed by atoms with Crippen molar-refractivity contribution in [1.82, 2.24) is 5.32 Å². The van der Waals surface area contributed by atoms with Crippen LogP contribution in [-0.4, -0.2) is 13.0 Å². The summed E-state index contributed by atoms with van der Waals surface area (Å²) in [6.07, 6.45) is 2.28. The summed E-state index contributed by atoms with van der Waals surface area (Å²) in [5.74, 6) is 0.381. The van der Waals surface area contributed by atoms with Crippen LogP contribution in [0.1, 0.15) is 0 Å². The second-order valence-electron chi connectivity index (χ2n) is 3.06. The van der Waals surface area contributed by atoms with Crippen LogP contribution in [-0.2, 0) is 9.63 Å². The van der Waals surface area contributed by atoms with Gasteiger partial charge in [-0.1, -0.05) is 29.3 Å². The van der Waals surface area contributed by atoms with Gasteiger partial charge in [-0.25, -0.2) is 5.06 Å². The molecule has 1 aliphatic rings. The first-order valence-electron chi connectivity index (χ1n) is 4.52. The molecule has 0 aromatic heterocycles. The van der Waals surface area contributed by atoms with Crippen LogP contribution >= 0.6 is 23.2 Å². The number of nitrogens with zero attached hydrogens (tertiary/aromatic N) is 1. The second-order valence-corrected chi connectivity index (χ2v) is 3.84. The Hall–Kier alpha value is -1.39. The van der Waals surface area contributed by atoms with E-state index in [9.17, 15) is 4.79 Å². The number of hydrogen-bond acceptors (Lipinski definition) is 3. The molecule has 4 nitrogen and oxygen atoms in total. The topological polar surface area (TPSA) is 41.6 Å². The number of hydrogen-bond donors (Lipinski definition) is 1. The van der Waals surface area contributed by atoms with Crippen LogP contribution in [0.2, 0.25) is 10.0 Å². The van der Waals surface area contributed by atoms with Crippen molar-refractivity contribution in [2.24, 2.45) is 0 Å². The second kappa shape index (κ2) is 4.63. The Bertz CT molecular complexity index is 448. The largest absolute Gasteiger partial charge is 0.361 e. The van der Waals surface area contributed by atoms with Crippen molar-refractivity contribution in [3.05, 3.63) is 40.2 Å². The van der Waals surface area contributed by atoms with Crippen LogP contribution in [0.3, 0.4) is 0 Å². The SMILES string of the molecule is O=CNC1=CCN(c2cccc(Cl)c2Cl)O1. The Morgan fingerprint density at radius 3 is 3.00 bits per heavy atom. The molecule has 0 atom stereocenters. The quantitative estimate of drug-likeness (QED) is 0.847. The third-order valence-electron chi connectivity index (χ3n) is 2.05. The number of rotatable bonds is 3. The summed E-state index contributed by atoms with van der Waals surface area (Å²) in [5.41, 5.74) is 0.660. The fourth-order valence-electron chi connectivity index (χ4n) is 1.33. The lowest BCUT2D eigenvalue weighted by atomic mass is 10.3. The predicted octanol–water partition coefficient (Wildman–Crippen LogP) is 2.33. The molecule has 0 spiro atoms. The Labute approximate surface area is 102 Å². The number of amides is 1. The van der Waals surface area contributed by atoms with Gasteiger partial charge in [-0.15, -0.1) is 0 Å². The number of hydroxylamine groups is 1. The lowest BCUT2D eigenvalue weighted by molar-refractivity contribution is -0.109. The van der Waals surface area contributed by atoms with Crippen molar-refractivity contribution in [3.63, 3.8) is 0 Å². The van der Waals surface area contributed by atoms with E-state index in [2.05, 4.69) is 5.32 Å². The average Bonchev–Trinajstić information content (AvgIpc) is 2.71. The first-order valence-corrected chi connectivity index (χ1v) is 5.28. The van der Waals surface area contributed by atoms with Gasteiger partial charge in [0.25, 0.3) is 0 Å².